The van der Waals surface area contributed by atoms with Crippen LogP contribution in [-0.4, -0.2) is 0 Å². The van der Waals surface area contributed by atoms with E-state index >= 15 is 8.78 Å². The van der Waals surface area contributed by atoms with Gasteiger partial charge in [0.2, 0.25) is 0 Å². The Morgan fingerprint density at radius 3 is 1.96 bits per heavy atom. The highest BCUT2D eigenvalue weighted by molar-refractivity contribution is 7.17. The highest BCUT2D eigenvalue weighted by Crippen LogP contribution is 2.60. The van der Waals surface area contributed by atoms with E-state index < -0.39 is 0 Å². The van der Waals surface area contributed by atoms with Crippen molar-refractivity contribution in [3.63, 3.8) is 0 Å². The lowest BCUT2D eigenvalue weighted by atomic mass is 9.96. The van der Waals surface area contributed by atoms with Crippen molar-refractivity contribution in [2.45, 2.75) is 26.7 Å². The fourth-order valence-corrected chi connectivity index (χ4v) is 6.74. The molecule has 0 N–H and O–H groups in total. The van der Waals surface area contributed by atoms with Gasteiger partial charge < -0.3 is 0 Å². The molecule has 0 bridgehead atoms. The number of halogens is 2. The zero-order valence-corrected chi connectivity index (χ0v) is 15.9. The summed E-state index contributed by atoms with van der Waals surface area (Å²) >= 11 is 3.30. The monoisotopic (exact) mass is 380 g/mol. The summed E-state index contributed by atoms with van der Waals surface area (Å²) in [6.45, 7) is 4.19. The van der Waals surface area contributed by atoms with Gasteiger partial charge in [-0.3, -0.25) is 0 Å². The maximum atomic E-state index is 15.2. The average Bonchev–Trinajstić information content (AvgIpc) is 3.34. The van der Waals surface area contributed by atoms with Gasteiger partial charge in [0.1, 0.15) is 11.6 Å². The number of thiophene rings is 2. The fraction of sp³-hybridized carbons (Fsp3) is 0.182. The van der Waals surface area contributed by atoms with Crippen molar-refractivity contribution >= 4 is 33.4 Å². The van der Waals surface area contributed by atoms with Crippen LogP contribution in [0.3, 0.4) is 0 Å². The van der Waals surface area contributed by atoms with Crippen LogP contribution in [0.5, 0.6) is 0 Å². The maximum Gasteiger partial charge on any atom is 0.133 e. The maximum absolute atomic E-state index is 15.2. The van der Waals surface area contributed by atoms with E-state index in [2.05, 4.69) is 26.0 Å². The zero-order valence-electron chi connectivity index (χ0n) is 14.3. The van der Waals surface area contributed by atoms with Crippen molar-refractivity contribution in [3.8, 4) is 43.1 Å². The Kier molecular flexibility index (Phi) is 2.79. The van der Waals surface area contributed by atoms with E-state index in [0.717, 1.165) is 55.6 Å². The standard InChI is InChI=1S/C22H14F2S2/c1-3-9-5-12-11-7-15(23)17-13-6-10(4-2)25-21(13)14-8-16(24)20(22(12)26-9)18(11)19(14)17/h5-8H,3-4H2,1-2H3. The van der Waals surface area contributed by atoms with Gasteiger partial charge in [0, 0.05) is 58.1 Å². The normalized spacial score (nSPS) is 12.9. The highest BCUT2D eigenvalue weighted by Gasteiger charge is 2.36. The molecule has 2 aromatic heterocycles. The molecule has 0 saturated carbocycles. The van der Waals surface area contributed by atoms with Crippen LogP contribution >= 0.6 is 22.7 Å². The Balaban J connectivity index is 1.80. The number of hydrogen-bond donors (Lipinski definition) is 0. The number of aryl methyl sites for hydroxylation is 2. The van der Waals surface area contributed by atoms with Gasteiger partial charge in [-0.05, 0) is 42.7 Å². The summed E-state index contributed by atoms with van der Waals surface area (Å²) in [7, 11) is 0. The minimum atomic E-state index is -0.192. The molecule has 0 amide bonds. The zero-order chi connectivity index (χ0) is 17.7. The molecule has 4 heteroatoms. The minimum Gasteiger partial charge on any atom is -0.206 e. The smallest absolute Gasteiger partial charge is 0.133 e. The van der Waals surface area contributed by atoms with Gasteiger partial charge in [0.15, 0.2) is 0 Å². The quantitative estimate of drug-likeness (QED) is 0.289. The third-order valence-corrected chi connectivity index (χ3v) is 8.21. The molecule has 2 heterocycles. The molecule has 0 unspecified atom stereocenters. The van der Waals surface area contributed by atoms with Crippen LogP contribution in [0.2, 0.25) is 0 Å². The highest BCUT2D eigenvalue weighted by atomic mass is 32.1. The first kappa shape index (κ1) is 15.1. The van der Waals surface area contributed by atoms with Crippen molar-refractivity contribution in [2.75, 3.05) is 0 Å². The molecule has 128 valence electrons. The van der Waals surface area contributed by atoms with Crippen molar-refractivity contribution in [1.29, 1.82) is 0 Å². The van der Waals surface area contributed by atoms with Gasteiger partial charge >= 0.3 is 0 Å². The van der Waals surface area contributed by atoms with Gasteiger partial charge in [0.25, 0.3) is 0 Å². The molecule has 0 nitrogen and oxygen atoms in total. The first-order valence-electron chi connectivity index (χ1n) is 8.88. The second-order valence-corrected chi connectivity index (χ2v) is 9.20. The van der Waals surface area contributed by atoms with Crippen molar-refractivity contribution in [1.82, 2.24) is 0 Å². The fourth-order valence-electron chi connectivity index (χ4n) is 4.45. The van der Waals surface area contributed by atoms with E-state index in [9.17, 15) is 0 Å². The van der Waals surface area contributed by atoms with Crippen molar-refractivity contribution in [3.05, 3.63) is 45.7 Å². The third-order valence-electron chi connectivity index (χ3n) is 5.60. The predicted octanol–water partition coefficient (Wildman–Crippen LogP) is 7.66. The van der Waals surface area contributed by atoms with Crippen LogP contribution in [0, 0.1) is 11.6 Å². The molecular weight excluding hydrogens is 366 g/mol. The predicted molar refractivity (Wildman–Crippen MR) is 107 cm³/mol. The van der Waals surface area contributed by atoms with Crippen LogP contribution in [0.15, 0.2) is 24.3 Å². The molecule has 0 fully saturated rings. The van der Waals surface area contributed by atoms with Crippen LogP contribution in [-0.2, 0) is 12.8 Å². The van der Waals surface area contributed by atoms with Crippen LogP contribution < -0.4 is 0 Å². The Labute approximate surface area is 157 Å². The van der Waals surface area contributed by atoms with Gasteiger partial charge in [-0.1, -0.05) is 13.8 Å². The molecule has 2 aromatic carbocycles. The van der Waals surface area contributed by atoms with E-state index in [1.54, 1.807) is 34.8 Å². The van der Waals surface area contributed by atoms with Crippen LogP contribution in [0.4, 0.5) is 8.78 Å². The third kappa shape index (κ3) is 1.59. The van der Waals surface area contributed by atoms with Crippen molar-refractivity contribution < 1.29 is 8.78 Å². The van der Waals surface area contributed by atoms with Gasteiger partial charge in [-0.2, -0.15) is 0 Å². The van der Waals surface area contributed by atoms with Crippen LogP contribution in [0.25, 0.3) is 53.9 Å². The molecule has 0 aliphatic heterocycles. The Hall–Kier alpha value is -2.04. The van der Waals surface area contributed by atoms with Crippen LogP contribution in [0.1, 0.15) is 23.6 Å². The summed E-state index contributed by atoms with van der Waals surface area (Å²) in [4.78, 5) is 4.40. The summed E-state index contributed by atoms with van der Waals surface area (Å²) in [6, 6.07) is 7.45. The topological polar surface area (TPSA) is 0 Å². The Bertz CT molecular complexity index is 1170. The summed E-state index contributed by atoms with van der Waals surface area (Å²) in [6.07, 6.45) is 1.82. The molecule has 0 radical (unpaired) electrons. The number of hydrogen-bond acceptors (Lipinski definition) is 2. The summed E-state index contributed by atoms with van der Waals surface area (Å²) in [5.41, 5.74) is 4.98. The molecule has 0 spiro atoms. The van der Waals surface area contributed by atoms with Gasteiger partial charge in [-0.25, -0.2) is 8.78 Å². The molecular formula is C22H14F2S2. The molecule has 2 aliphatic rings. The first-order valence-corrected chi connectivity index (χ1v) is 10.5. The average molecular weight is 380 g/mol. The minimum absolute atomic E-state index is 0.186. The molecule has 6 rings (SSSR count). The van der Waals surface area contributed by atoms with Crippen molar-refractivity contribution in [2.24, 2.45) is 0 Å². The number of rotatable bonds is 2. The molecule has 0 atom stereocenters. The Morgan fingerprint density at radius 2 is 1.23 bits per heavy atom. The largest absolute Gasteiger partial charge is 0.206 e. The van der Waals surface area contributed by atoms with E-state index in [-0.39, 0.29) is 11.6 Å². The van der Waals surface area contributed by atoms with Gasteiger partial charge in [-0.15, -0.1) is 22.7 Å². The molecule has 4 aromatic rings. The van der Waals surface area contributed by atoms with E-state index in [0.29, 0.717) is 11.1 Å². The molecule has 2 aliphatic carbocycles. The van der Waals surface area contributed by atoms with E-state index in [1.165, 1.54) is 9.75 Å². The summed E-state index contributed by atoms with van der Waals surface area (Å²) in [5, 5.41) is 1.81. The van der Waals surface area contributed by atoms with E-state index in [1.807, 2.05) is 0 Å². The summed E-state index contributed by atoms with van der Waals surface area (Å²) < 4.78 is 30.4. The second-order valence-electron chi connectivity index (χ2n) is 6.93. The molecule has 26 heavy (non-hydrogen) atoms. The molecule has 0 saturated heterocycles. The lowest BCUT2D eigenvalue weighted by molar-refractivity contribution is 0.632. The first-order chi connectivity index (χ1) is 12.6. The number of fused-ring (bicyclic) bond motifs is 6. The van der Waals surface area contributed by atoms with E-state index in [4.69, 9.17) is 0 Å². The number of benzene rings is 2. The van der Waals surface area contributed by atoms with Gasteiger partial charge in [0.05, 0.1) is 0 Å². The lowest BCUT2D eigenvalue weighted by Gasteiger charge is -2.09. The summed E-state index contributed by atoms with van der Waals surface area (Å²) in [5.74, 6) is -0.378. The lowest BCUT2D eigenvalue weighted by Crippen LogP contribution is -1.88. The Morgan fingerprint density at radius 1 is 0.654 bits per heavy atom. The second kappa shape index (κ2) is 4.81. The SMILES string of the molecule is CCc1cc2c(s1)-c1cc(F)c3c4c(cc(F)c-2c14)-c1cc(CC)sc1-3.